The van der Waals surface area contributed by atoms with Crippen LogP contribution in [0.3, 0.4) is 0 Å². The maximum absolute atomic E-state index is 13.8. The van der Waals surface area contributed by atoms with E-state index >= 15 is 0 Å². The van der Waals surface area contributed by atoms with Crippen LogP contribution in [0.2, 0.25) is 0 Å². The van der Waals surface area contributed by atoms with Gasteiger partial charge in [-0.15, -0.1) is 0 Å². The van der Waals surface area contributed by atoms with Crippen LogP contribution in [0, 0.1) is 12.7 Å². The Kier molecular flexibility index (Phi) is 2.02. The van der Waals surface area contributed by atoms with Gasteiger partial charge in [0.05, 0.1) is 5.69 Å². The minimum Gasteiger partial charge on any atom is -0.382 e. The van der Waals surface area contributed by atoms with Crippen LogP contribution in [0.5, 0.6) is 0 Å². The van der Waals surface area contributed by atoms with Crippen molar-refractivity contribution in [3.05, 3.63) is 29.1 Å². The molecule has 1 aliphatic rings. The zero-order chi connectivity index (χ0) is 10.3. The maximum Gasteiger partial charge on any atom is 0.149 e. The fourth-order valence-corrected chi connectivity index (χ4v) is 2.05. The van der Waals surface area contributed by atoms with Crippen molar-refractivity contribution in [3.8, 4) is 0 Å². The monoisotopic (exact) mass is 193 g/mol. The number of nitrogens with one attached hydrogen (secondary N) is 1. The predicted molar refractivity (Wildman–Crippen MR) is 57.3 cm³/mol. The summed E-state index contributed by atoms with van der Waals surface area (Å²) >= 11 is 0. The lowest BCUT2D eigenvalue weighted by molar-refractivity contribution is 0.474. The summed E-state index contributed by atoms with van der Waals surface area (Å²) in [5, 5.41) is 3.15. The van der Waals surface area contributed by atoms with Gasteiger partial charge in [0, 0.05) is 6.54 Å². The molecule has 14 heavy (non-hydrogen) atoms. The molecular weight excluding hydrogens is 177 g/mol. The zero-order valence-electron chi connectivity index (χ0n) is 8.95. The first-order valence-electron chi connectivity index (χ1n) is 5.06. The molecular formula is C12H16FN. The summed E-state index contributed by atoms with van der Waals surface area (Å²) in [6, 6.07) is 3.91. The molecule has 1 heterocycles. The highest BCUT2D eigenvalue weighted by Crippen LogP contribution is 2.38. The SMILES string of the molecule is Cc1ccc2c(c1F)NCCC2(C)C. The molecule has 0 saturated carbocycles. The van der Waals surface area contributed by atoms with E-state index in [-0.39, 0.29) is 11.2 Å². The van der Waals surface area contributed by atoms with Crippen molar-refractivity contribution < 1.29 is 4.39 Å². The minimum absolute atomic E-state index is 0.0877. The van der Waals surface area contributed by atoms with E-state index in [0.717, 1.165) is 18.5 Å². The van der Waals surface area contributed by atoms with E-state index in [1.807, 2.05) is 12.1 Å². The number of hydrogen-bond acceptors (Lipinski definition) is 1. The molecule has 0 atom stereocenters. The number of aryl methyl sites for hydroxylation is 1. The van der Waals surface area contributed by atoms with Gasteiger partial charge in [0.15, 0.2) is 0 Å². The van der Waals surface area contributed by atoms with E-state index in [0.29, 0.717) is 11.3 Å². The molecule has 2 rings (SSSR count). The van der Waals surface area contributed by atoms with Crippen LogP contribution in [0.4, 0.5) is 10.1 Å². The Bertz CT molecular complexity index is 369. The molecule has 0 bridgehead atoms. The van der Waals surface area contributed by atoms with Crippen LogP contribution < -0.4 is 5.32 Å². The summed E-state index contributed by atoms with van der Waals surface area (Å²) in [6.45, 7) is 7.00. The Labute approximate surface area is 84.3 Å². The number of anilines is 1. The van der Waals surface area contributed by atoms with Gasteiger partial charge in [0.1, 0.15) is 5.82 Å². The van der Waals surface area contributed by atoms with Gasteiger partial charge in [0.25, 0.3) is 0 Å². The molecule has 1 aromatic rings. The van der Waals surface area contributed by atoms with Crippen LogP contribution in [0.25, 0.3) is 0 Å². The van der Waals surface area contributed by atoms with E-state index in [1.54, 1.807) is 6.92 Å². The van der Waals surface area contributed by atoms with Crippen LogP contribution in [0.15, 0.2) is 12.1 Å². The van der Waals surface area contributed by atoms with Crippen molar-refractivity contribution in [2.75, 3.05) is 11.9 Å². The number of hydrogen-bond donors (Lipinski definition) is 1. The van der Waals surface area contributed by atoms with Gasteiger partial charge in [-0.2, -0.15) is 0 Å². The highest BCUT2D eigenvalue weighted by Gasteiger charge is 2.29. The standard InChI is InChI=1S/C12H16FN/c1-8-4-5-9-11(10(8)13)14-7-6-12(9,2)3/h4-5,14H,6-7H2,1-3H3. The van der Waals surface area contributed by atoms with Crippen molar-refractivity contribution in [2.45, 2.75) is 32.6 Å². The largest absolute Gasteiger partial charge is 0.382 e. The number of rotatable bonds is 0. The first kappa shape index (κ1) is 9.50. The van der Waals surface area contributed by atoms with Gasteiger partial charge in [-0.25, -0.2) is 4.39 Å². The van der Waals surface area contributed by atoms with Gasteiger partial charge in [-0.05, 0) is 29.9 Å². The van der Waals surface area contributed by atoms with Crippen LogP contribution in [0.1, 0.15) is 31.4 Å². The molecule has 0 saturated heterocycles. The fraction of sp³-hybridized carbons (Fsp3) is 0.500. The summed E-state index contributed by atoms with van der Waals surface area (Å²) in [5.74, 6) is -0.0877. The Morgan fingerprint density at radius 1 is 1.36 bits per heavy atom. The second-order valence-corrected chi connectivity index (χ2v) is 4.68. The first-order chi connectivity index (χ1) is 6.52. The van der Waals surface area contributed by atoms with Gasteiger partial charge < -0.3 is 5.32 Å². The smallest absolute Gasteiger partial charge is 0.149 e. The van der Waals surface area contributed by atoms with Crippen molar-refractivity contribution in [1.29, 1.82) is 0 Å². The third kappa shape index (κ3) is 1.29. The van der Waals surface area contributed by atoms with Gasteiger partial charge >= 0.3 is 0 Å². The lowest BCUT2D eigenvalue weighted by Gasteiger charge is -2.33. The minimum atomic E-state index is -0.0877. The molecule has 0 spiro atoms. The molecule has 1 aromatic carbocycles. The number of halogens is 1. The second-order valence-electron chi connectivity index (χ2n) is 4.68. The molecule has 1 nitrogen and oxygen atoms in total. The summed E-state index contributed by atoms with van der Waals surface area (Å²) < 4.78 is 13.8. The number of benzene rings is 1. The Balaban J connectivity index is 2.62. The lowest BCUT2D eigenvalue weighted by Crippen LogP contribution is -2.29. The molecule has 2 heteroatoms. The molecule has 76 valence electrons. The summed E-state index contributed by atoms with van der Waals surface area (Å²) in [5.41, 5.74) is 2.62. The van der Waals surface area contributed by atoms with Gasteiger partial charge in [0.2, 0.25) is 0 Å². The molecule has 0 aliphatic carbocycles. The fourth-order valence-electron chi connectivity index (χ4n) is 2.05. The summed E-state index contributed by atoms with van der Waals surface area (Å²) in [6.07, 6.45) is 1.06. The maximum atomic E-state index is 13.8. The Morgan fingerprint density at radius 3 is 2.79 bits per heavy atom. The van der Waals surface area contributed by atoms with Gasteiger partial charge in [-0.1, -0.05) is 26.0 Å². The zero-order valence-corrected chi connectivity index (χ0v) is 8.95. The van der Waals surface area contributed by atoms with Crippen molar-refractivity contribution in [2.24, 2.45) is 0 Å². The molecule has 1 N–H and O–H groups in total. The average Bonchev–Trinajstić information content (AvgIpc) is 2.11. The second kappa shape index (κ2) is 2.97. The van der Waals surface area contributed by atoms with E-state index in [9.17, 15) is 4.39 Å². The number of fused-ring (bicyclic) bond motifs is 1. The average molecular weight is 193 g/mol. The third-order valence-corrected chi connectivity index (χ3v) is 3.12. The van der Waals surface area contributed by atoms with E-state index in [1.165, 1.54) is 0 Å². The van der Waals surface area contributed by atoms with E-state index in [2.05, 4.69) is 19.2 Å². The molecule has 1 aliphatic heterocycles. The first-order valence-corrected chi connectivity index (χ1v) is 5.06. The van der Waals surface area contributed by atoms with E-state index < -0.39 is 0 Å². The van der Waals surface area contributed by atoms with Crippen molar-refractivity contribution in [1.82, 2.24) is 0 Å². The van der Waals surface area contributed by atoms with Crippen LogP contribution in [-0.4, -0.2) is 6.54 Å². The Morgan fingerprint density at radius 2 is 2.07 bits per heavy atom. The molecule has 0 amide bonds. The highest BCUT2D eigenvalue weighted by molar-refractivity contribution is 5.59. The normalized spacial score (nSPS) is 18.6. The van der Waals surface area contributed by atoms with Crippen molar-refractivity contribution >= 4 is 5.69 Å². The third-order valence-electron chi connectivity index (χ3n) is 3.12. The van der Waals surface area contributed by atoms with Crippen molar-refractivity contribution in [3.63, 3.8) is 0 Å². The predicted octanol–water partition coefficient (Wildman–Crippen LogP) is 3.23. The summed E-state index contributed by atoms with van der Waals surface area (Å²) in [4.78, 5) is 0. The quantitative estimate of drug-likeness (QED) is 0.667. The lowest BCUT2D eigenvalue weighted by atomic mass is 9.78. The molecule has 0 fully saturated rings. The summed E-state index contributed by atoms with van der Waals surface area (Å²) in [7, 11) is 0. The molecule has 0 unspecified atom stereocenters. The van der Waals surface area contributed by atoms with Crippen LogP contribution in [-0.2, 0) is 5.41 Å². The highest BCUT2D eigenvalue weighted by atomic mass is 19.1. The molecule has 0 radical (unpaired) electrons. The molecule has 0 aromatic heterocycles. The van der Waals surface area contributed by atoms with Crippen LogP contribution >= 0.6 is 0 Å². The van der Waals surface area contributed by atoms with Gasteiger partial charge in [-0.3, -0.25) is 0 Å². The topological polar surface area (TPSA) is 12.0 Å². The Hall–Kier alpha value is -1.05. The van der Waals surface area contributed by atoms with E-state index in [4.69, 9.17) is 0 Å².